The summed E-state index contributed by atoms with van der Waals surface area (Å²) in [5.41, 5.74) is 4.87. The summed E-state index contributed by atoms with van der Waals surface area (Å²) >= 11 is 9.14. The fourth-order valence-corrected chi connectivity index (χ4v) is 1.55. The third-order valence-corrected chi connectivity index (χ3v) is 3.77. The number of amides is 2. The average molecular weight is 334 g/mol. The van der Waals surface area contributed by atoms with Gasteiger partial charge in [0.25, 0.3) is 5.91 Å². The molecule has 1 aromatic rings. The minimum absolute atomic E-state index is 0.175. The van der Waals surface area contributed by atoms with E-state index in [9.17, 15) is 9.59 Å². The van der Waals surface area contributed by atoms with Crippen LogP contribution in [0.15, 0.2) is 22.7 Å². The molecule has 0 aliphatic heterocycles. The van der Waals surface area contributed by atoms with Crippen LogP contribution in [0.5, 0.6) is 0 Å². The molecule has 0 bridgehead atoms. The second-order valence-corrected chi connectivity index (χ2v) is 5.82. The summed E-state index contributed by atoms with van der Waals surface area (Å²) in [6.45, 7) is 3.52. The van der Waals surface area contributed by atoms with Crippen LogP contribution >= 0.6 is 27.5 Å². The molecule has 0 aliphatic carbocycles. The van der Waals surface area contributed by atoms with E-state index in [4.69, 9.17) is 17.3 Å². The second-order valence-electron chi connectivity index (χ2n) is 4.56. The van der Waals surface area contributed by atoms with E-state index in [0.717, 1.165) is 4.47 Å². The van der Waals surface area contributed by atoms with E-state index in [-0.39, 0.29) is 12.5 Å². The monoisotopic (exact) mass is 332 g/mol. The van der Waals surface area contributed by atoms with Gasteiger partial charge in [-0.05, 0) is 48.0 Å². The van der Waals surface area contributed by atoms with Crippen LogP contribution < -0.4 is 11.1 Å². The van der Waals surface area contributed by atoms with Crippen LogP contribution in [-0.2, 0) is 4.79 Å². The third-order valence-electron chi connectivity index (χ3n) is 2.54. The Morgan fingerprint density at radius 3 is 2.56 bits per heavy atom. The van der Waals surface area contributed by atoms with E-state index in [1.807, 2.05) is 0 Å². The van der Waals surface area contributed by atoms with Gasteiger partial charge in [0.05, 0.1) is 10.4 Å². The van der Waals surface area contributed by atoms with Gasteiger partial charge in [-0.3, -0.25) is 9.59 Å². The van der Waals surface area contributed by atoms with Gasteiger partial charge >= 0.3 is 0 Å². The van der Waals surface area contributed by atoms with Crippen LogP contribution in [0, 0.1) is 5.41 Å². The summed E-state index contributed by atoms with van der Waals surface area (Å²) in [5, 5.41) is 3.11. The summed E-state index contributed by atoms with van der Waals surface area (Å²) in [5.74, 6) is -0.754. The van der Waals surface area contributed by atoms with Crippen LogP contribution in [-0.4, -0.2) is 18.4 Å². The molecule has 0 atom stereocenters. The lowest BCUT2D eigenvalue weighted by molar-refractivity contribution is -0.125. The number of primary amides is 1. The molecule has 4 nitrogen and oxygen atoms in total. The predicted octanol–water partition coefficient (Wildman–Crippen LogP) is 2.34. The van der Waals surface area contributed by atoms with Crippen LogP contribution in [0.25, 0.3) is 0 Å². The first-order valence-corrected chi connectivity index (χ1v) is 6.44. The Hall–Kier alpha value is -1.07. The first kappa shape index (κ1) is 15.0. The lowest BCUT2D eigenvalue weighted by atomic mass is 9.92. The second kappa shape index (κ2) is 5.71. The highest BCUT2D eigenvalue weighted by molar-refractivity contribution is 9.10. The number of nitrogens with one attached hydrogen (secondary N) is 1. The number of halogens is 2. The molecule has 6 heteroatoms. The highest BCUT2D eigenvalue weighted by Gasteiger charge is 2.25. The first-order valence-electron chi connectivity index (χ1n) is 5.27. The molecule has 18 heavy (non-hydrogen) atoms. The Bertz CT molecular complexity index is 489. The predicted molar refractivity (Wildman–Crippen MR) is 74.5 cm³/mol. The molecule has 0 saturated carbocycles. The molecule has 0 spiro atoms. The van der Waals surface area contributed by atoms with Crippen molar-refractivity contribution in [3.63, 3.8) is 0 Å². The molecule has 2 amide bonds. The van der Waals surface area contributed by atoms with Gasteiger partial charge in [-0.15, -0.1) is 0 Å². The average Bonchev–Trinajstić information content (AvgIpc) is 2.29. The molecule has 0 saturated heterocycles. The van der Waals surface area contributed by atoms with Gasteiger partial charge < -0.3 is 11.1 Å². The number of hydrogen-bond donors (Lipinski definition) is 2. The van der Waals surface area contributed by atoms with Crippen molar-refractivity contribution in [3.8, 4) is 0 Å². The zero-order valence-electron chi connectivity index (χ0n) is 10.1. The fraction of sp³-hybridized carbons (Fsp3) is 0.333. The van der Waals surface area contributed by atoms with E-state index in [0.29, 0.717) is 10.6 Å². The molecule has 98 valence electrons. The highest BCUT2D eigenvalue weighted by Crippen LogP contribution is 2.23. The third kappa shape index (κ3) is 3.71. The number of carbonyl (C=O) groups is 2. The molecule has 0 aromatic heterocycles. The van der Waals surface area contributed by atoms with Crippen LogP contribution in [0.1, 0.15) is 24.2 Å². The smallest absolute Gasteiger partial charge is 0.251 e. The zero-order chi connectivity index (χ0) is 13.9. The number of benzene rings is 1. The summed E-state index contributed by atoms with van der Waals surface area (Å²) in [4.78, 5) is 23.0. The molecule has 0 aliphatic rings. The zero-order valence-corrected chi connectivity index (χ0v) is 12.4. The molecule has 0 unspecified atom stereocenters. The van der Waals surface area contributed by atoms with E-state index in [1.165, 1.54) is 0 Å². The van der Waals surface area contributed by atoms with Gasteiger partial charge in [-0.25, -0.2) is 0 Å². The normalized spacial score (nSPS) is 11.1. The van der Waals surface area contributed by atoms with Crippen molar-refractivity contribution in [1.29, 1.82) is 0 Å². The van der Waals surface area contributed by atoms with Crippen molar-refractivity contribution in [2.45, 2.75) is 13.8 Å². The SMILES string of the molecule is CC(C)(CNC(=O)c1ccc(Br)c(Cl)c1)C(N)=O. The van der Waals surface area contributed by atoms with Crippen molar-refractivity contribution in [1.82, 2.24) is 5.32 Å². The van der Waals surface area contributed by atoms with E-state index in [1.54, 1.807) is 32.0 Å². The van der Waals surface area contributed by atoms with Gasteiger partial charge in [0.15, 0.2) is 0 Å². The van der Waals surface area contributed by atoms with Gasteiger partial charge in [0.2, 0.25) is 5.91 Å². The minimum atomic E-state index is -0.783. The van der Waals surface area contributed by atoms with E-state index < -0.39 is 11.3 Å². The number of carbonyl (C=O) groups excluding carboxylic acids is 2. The van der Waals surface area contributed by atoms with E-state index in [2.05, 4.69) is 21.2 Å². The van der Waals surface area contributed by atoms with Crippen LogP contribution in [0.4, 0.5) is 0 Å². The summed E-state index contributed by atoms with van der Waals surface area (Å²) in [6.07, 6.45) is 0. The van der Waals surface area contributed by atoms with Crippen molar-refractivity contribution in [3.05, 3.63) is 33.3 Å². The maximum atomic E-state index is 11.8. The number of nitrogens with two attached hydrogens (primary N) is 1. The van der Waals surface area contributed by atoms with E-state index >= 15 is 0 Å². The lowest BCUT2D eigenvalue weighted by Crippen LogP contribution is -2.42. The summed E-state index contributed by atoms with van der Waals surface area (Å²) in [7, 11) is 0. The highest BCUT2D eigenvalue weighted by atomic mass is 79.9. The molecule has 0 fully saturated rings. The molecular weight excluding hydrogens is 320 g/mol. The minimum Gasteiger partial charge on any atom is -0.369 e. The Balaban J connectivity index is 2.72. The largest absolute Gasteiger partial charge is 0.369 e. The standard InChI is InChI=1S/C12H14BrClN2O2/c1-12(2,11(15)18)6-16-10(17)7-3-4-8(13)9(14)5-7/h3-5H,6H2,1-2H3,(H2,15,18)(H,16,17). The Morgan fingerprint density at radius 2 is 2.06 bits per heavy atom. The fourth-order valence-electron chi connectivity index (χ4n) is 1.13. The summed E-state index contributed by atoms with van der Waals surface area (Å²) < 4.78 is 0.721. The van der Waals surface area contributed by atoms with Crippen molar-refractivity contribution < 1.29 is 9.59 Å². The molecule has 3 N–H and O–H groups in total. The Morgan fingerprint density at radius 1 is 1.44 bits per heavy atom. The number of rotatable bonds is 4. The van der Waals surface area contributed by atoms with Crippen molar-refractivity contribution >= 4 is 39.3 Å². The molecular formula is C12H14BrClN2O2. The lowest BCUT2D eigenvalue weighted by Gasteiger charge is -2.20. The van der Waals surface area contributed by atoms with Gasteiger partial charge in [-0.2, -0.15) is 0 Å². The molecule has 0 heterocycles. The maximum Gasteiger partial charge on any atom is 0.251 e. The van der Waals surface area contributed by atoms with Crippen molar-refractivity contribution in [2.75, 3.05) is 6.54 Å². The van der Waals surface area contributed by atoms with Crippen LogP contribution in [0.3, 0.4) is 0 Å². The van der Waals surface area contributed by atoms with Gasteiger partial charge in [-0.1, -0.05) is 11.6 Å². The van der Waals surface area contributed by atoms with Gasteiger partial charge in [0, 0.05) is 16.6 Å². The maximum absolute atomic E-state index is 11.8. The Kier molecular flexibility index (Phi) is 4.76. The Labute approximate surface area is 119 Å². The quantitative estimate of drug-likeness (QED) is 0.887. The van der Waals surface area contributed by atoms with Gasteiger partial charge in [0.1, 0.15) is 0 Å². The topological polar surface area (TPSA) is 72.2 Å². The summed E-state index contributed by atoms with van der Waals surface area (Å²) in [6, 6.07) is 4.89. The van der Waals surface area contributed by atoms with Crippen LogP contribution in [0.2, 0.25) is 5.02 Å². The number of hydrogen-bond acceptors (Lipinski definition) is 2. The first-order chi connectivity index (χ1) is 8.24. The molecule has 0 radical (unpaired) electrons. The molecule has 1 aromatic carbocycles. The van der Waals surface area contributed by atoms with Crippen molar-refractivity contribution in [2.24, 2.45) is 11.1 Å². The molecule has 1 rings (SSSR count).